The van der Waals surface area contributed by atoms with Crippen LogP contribution in [0.4, 0.5) is 8.78 Å². The first-order valence-electron chi connectivity index (χ1n) is 9.20. The minimum Gasteiger partial charge on any atom is -0.349 e. The zero-order chi connectivity index (χ0) is 20.1. The smallest absolute Gasteiger partial charge is 0.254 e. The van der Waals surface area contributed by atoms with Crippen molar-refractivity contribution < 1.29 is 18.4 Å². The van der Waals surface area contributed by atoms with Gasteiger partial charge in [0.25, 0.3) is 5.91 Å². The summed E-state index contributed by atoms with van der Waals surface area (Å²) >= 11 is 5.86. The molecular formula is C21H21ClF2N2O2. The van der Waals surface area contributed by atoms with E-state index in [0.29, 0.717) is 49.9 Å². The predicted octanol–water partition coefficient (Wildman–Crippen LogP) is 3.97. The second kappa shape index (κ2) is 9.15. The Labute approximate surface area is 167 Å². The average molecular weight is 407 g/mol. The van der Waals surface area contributed by atoms with E-state index < -0.39 is 17.5 Å². The molecule has 0 bridgehead atoms. The van der Waals surface area contributed by atoms with Gasteiger partial charge in [-0.3, -0.25) is 9.59 Å². The second-order valence-corrected chi connectivity index (χ2v) is 7.32. The lowest BCUT2D eigenvalue weighted by Gasteiger charge is -2.32. The molecule has 1 heterocycles. The molecule has 2 aromatic carbocycles. The summed E-state index contributed by atoms with van der Waals surface area (Å²) in [5.74, 6) is -2.10. The molecule has 0 saturated carbocycles. The van der Waals surface area contributed by atoms with Gasteiger partial charge in [-0.05, 0) is 49.1 Å². The average Bonchev–Trinajstić information content (AvgIpc) is 2.67. The van der Waals surface area contributed by atoms with E-state index in [1.165, 1.54) is 0 Å². The summed E-state index contributed by atoms with van der Waals surface area (Å²) in [6.45, 7) is 1.08. The Bertz CT molecular complexity index is 850. The highest BCUT2D eigenvalue weighted by Crippen LogP contribution is 2.16. The van der Waals surface area contributed by atoms with E-state index in [1.807, 2.05) is 12.1 Å². The normalized spacial score (nSPS) is 14.8. The van der Waals surface area contributed by atoms with Crippen LogP contribution in [0.2, 0.25) is 5.02 Å². The summed E-state index contributed by atoms with van der Waals surface area (Å²) in [4.78, 5) is 26.4. The number of halogens is 3. The Hall–Kier alpha value is -2.47. The van der Waals surface area contributed by atoms with Crippen LogP contribution < -0.4 is 5.32 Å². The molecule has 1 aliphatic heterocycles. The molecule has 1 fully saturated rings. The largest absolute Gasteiger partial charge is 0.349 e. The van der Waals surface area contributed by atoms with Crippen LogP contribution in [0.15, 0.2) is 42.5 Å². The Morgan fingerprint density at radius 3 is 2.39 bits per heavy atom. The molecule has 2 amide bonds. The van der Waals surface area contributed by atoms with E-state index in [9.17, 15) is 18.4 Å². The number of hydrogen-bond acceptors (Lipinski definition) is 2. The quantitative estimate of drug-likeness (QED) is 0.816. The number of amides is 2. The van der Waals surface area contributed by atoms with E-state index in [1.54, 1.807) is 17.0 Å². The zero-order valence-electron chi connectivity index (χ0n) is 15.3. The minimum atomic E-state index is -0.882. The zero-order valence-corrected chi connectivity index (χ0v) is 16.0. The number of benzene rings is 2. The maximum atomic E-state index is 13.7. The molecule has 0 aromatic heterocycles. The van der Waals surface area contributed by atoms with Crippen LogP contribution in [0.5, 0.6) is 0 Å². The van der Waals surface area contributed by atoms with Gasteiger partial charge in [0.05, 0.1) is 5.56 Å². The van der Waals surface area contributed by atoms with Crippen molar-refractivity contribution in [3.63, 3.8) is 0 Å². The van der Waals surface area contributed by atoms with Gasteiger partial charge < -0.3 is 10.2 Å². The molecule has 2 aromatic rings. The maximum Gasteiger partial charge on any atom is 0.254 e. The predicted molar refractivity (Wildman–Crippen MR) is 103 cm³/mol. The molecule has 1 aliphatic rings. The van der Waals surface area contributed by atoms with Gasteiger partial charge >= 0.3 is 0 Å². The van der Waals surface area contributed by atoms with E-state index in [2.05, 4.69) is 5.32 Å². The van der Waals surface area contributed by atoms with Crippen molar-refractivity contribution in [2.45, 2.75) is 31.7 Å². The lowest BCUT2D eigenvalue weighted by Crippen LogP contribution is -2.46. The third-order valence-corrected chi connectivity index (χ3v) is 5.15. The fourth-order valence-electron chi connectivity index (χ4n) is 3.27. The third kappa shape index (κ3) is 5.29. The lowest BCUT2D eigenvalue weighted by molar-refractivity contribution is -0.132. The molecule has 3 rings (SSSR count). The van der Waals surface area contributed by atoms with Crippen molar-refractivity contribution in [3.8, 4) is 0 Å². The summed E-state index contributed by atoms with van der Waals surface area (Å²) in [7, 11) is 0. The van der Waals surface area contributed by atoms with Gasteiger partial charge in [-0.25, -0.2) is 8.78 Å². The van der Waals surface area contributed by atoms with Crippen LogP contribution in [0, 0.1) is 11.6 Å². The van der Waals surface area contributed by atoms with Gasteiger partial charge in [-0.2, -0.15) is 0 Å². The fourth-order valence-corrected chi connectivity index (χ4v) is 3.40. The molecule has 0 unspecified atom stereocenters. The molecule has 148 valence electrons. The molecule has 0 aliphatic carbocycles. The summed E-state index contributed by atoms with van der Waals surface area (Å²) in [5, 5.41) is 3.43. The number of hydrogen-bond donors (Lipinski definition) is 1. The van der Waals surface area contributed by atoms with Crippen LogP contribution in [0.1, 0.15) is 35.2 Å². The molecule has 1 N–H and O–H groups in total. The van der Waals surface area contributed by atoms with Crippen molar-refractivity contribution >= 4 is 23.4 Å². The number of nitrogens with zero attached hydrogens (tertiary/aromatic N) is 1. The van der Waals surface area contributed by atoms with Crippen molar-refractivity contribution in [2.75, 3.05) is 13.1 Å². The summed E-state index contributed by atoms with van der Waals surface area (Å²) in [6, 6.07) is 10.2. The second-order valence-electron chi connectivity index (χ2n) is 6.88. The number of nitrogens with one attached hydrogen (secondary N) is 1. The Morgan fingerprint density at radius 1 is 1.07 bits per heavy atom. The Morgan fingerprint density at radius 2 is 1.75 bits per heavy atom. The molecule has 4 nitrogen and oxygen atoms in total. The number of aryl methyl sites for hydroxylation is 1. The van der Waals surface area contributed by atoms with Crippen molar-refractivity contribution in [1.29, 1.82) is 0 Å². The van der Waals surface area contributed by atoms with Crippen molar-refractivity contribution in [1.82, 2.24) is 10.2 Å². The van der Waals surface area contributed by atoms with E-state index >= 15 is 0 Å². The van der Waals surface area contributed by atoms with E-state index in [4.69, 9.17) is 11.6 Å². The number of rotatable bonds is 5. The van der Waals surface area contributed by atoms with Crippen LogP contribution in [-0.2, 0) is 11.2 Å². The van der Waals surface area contributed by atoms with Gasteiger partial charge in [0.2, 0.25) is 5.91 Å². The van der Waals surface area contributed by atoms with E-state index in [0.717, 1.165) is 17.7 Å². The summed E-state index contributed by atoms with van der Waals surface area (Å²) < 4.78 is 26.7. The molecule has 1 saturated heterocycles. The molecule has 0 radical (unpaired) electrons. The highest BCUT2D eigenvalue weighted by Gasteiger charge is 2.24. The highest BCUT2D eigenvalue weighted by molar-refractivity contribution is 6.30. The van der Waals surface area contributed by atoms with Crippen LogP contribution in [0.3, 0.4) is 0 Å². The first kappa shape index (κ1) is 20.3. The first-order chi connectivity index (χ1) is 13.4. The lowest BCUT2D eigenvalue weighted by atomic mass is 10.0. The summed E-state index contributed by atoms with van der Waals surface area (Å²) in [5.41, 5.74) is 0.879. The van der Waals surface area contributed by atoms with Crippen LogP contribution in [-0.4, -0.2) is 35.8 Å². The SMILES string of the molecule is O=C(NC1CCN(C(=O)CCc2ccc(Cl)cc2)CC1)c1ccc(F)cc1F. The molecule has 0 spiro atoms. The highest BCUT2D eigenvalue weighted by atomic mass is 35.5. The van der Waals surface area contributed by atoms with Crippen LogP contribution in [0.25, 0.3) is 0 Å². The van der Waals surface area contributed by atoms with Gasteiger partial charge in [0.1, 0.15) is 11.6 Å². The Balaban J connectivity index is 1.45. The fraction of sp³-hybridized carbons (Fsp3) is 0.333. The monoisotopic (exact) mass is 406 g/mol. The van der Waals surface area contributed by atoms with Crippen molar-refractivity contribution in [3.05, 3.63) is 70.2 Å². The van der Waals surface area contributed by atoms with Gasteiger partial charge in [0.15, 0.2) is 0 Å². The number of carbonyl (C=O) groups is 2. The van der Waals surface area contributed by atoms with Crippen LogP contribution >= 0.6 is 11.6 Å². The number of carbonyl (C=O) groups excluding carboxylic acids is 2. The minimum absolute atomic E-state index is 0.0734. The van der Waals surface area contributed by atoms with Gasteiger partial charge in [0, 0.05) is 36.6 Å². The standard InChI is InChI=1S/C21H21ClF2N2O2/c22-15-4-1-14(2-5-15)3-8-20(27)26-11-9-17(10-12-26)25-21(28)18-7-6-16(23)13-19(18)24/h1-2,4-7,13,17H,3,8-12H2,(H,25,28). The third-order valence-electron chi connectivity index (χ3n) is 4.90. The number of piperidine rings is 1. The van der Waals surface area contributed by atoms with Gasteiger partial charge in [-0.1, -0.05) is 23.7 Å². The molecule has 7 heteroatoms. The first-order valence-corrected chi connectivity index (χ1v) is 9.58. The Kier molecular flexibility index (Phi) is 6.62. The van der Waals surface area contributed by atoms with Crippen molar-refractivity contribution in [2.24, 2.45) is 0 Å². The molecule has 28 heavy (non-hydrogen) atoms. The van der Waals surface area contributed by atoms with Gasteiger partial charge in [-0.15, -0.1) is 0 Å². The molecular weight excluding hydrogens is 386 g/mol. The molecule has 0 atom stereocenters. The summed E-state index contributed by atoms with van der Waals surface area (Å²) in [6.07, 6.45) is 2.26. The number of likely N-dealkylation sites (tertiary alicyclic amines) is 1. The topological polar surface area (TPSA) is 49.4 Å². The maximum absolute atomic E-state index is 13.7. The van der Waals surface area contributed by atoms with E-state index in [-0.39, 0.29) is 17.5 Å².